The second kappa shape index (κ2) is 10.6. The number of rotatable bonds is 9. The summed E-state index contributed by atoms with van der Waals surface area (Å²) >= 11 is 6.04. The minimum Gasteiger partial charge on any atom is -0.495 e. The number of carbonyl (C=O) groups excluding carboxylic acids is 2. The van der Waals surface area contributed by atoms with Gasteiger partial charge in [-0.1, -0.05) is 18.5 Å². The Labute approximate surface area is 187 Å². The number of amides is 2. The molecule has 0 aliphatic carbocycles. The van der Waals surface area contributed by atoms with E-state index in [0.29, 0.717) is 11.6 Å². The summed E-state index contributed by atoms with van der Waals surface area (Å²) < 4.78 is 32.9. The fraction of sp³-hybridized carbons (Fsp3) is 0.333. The van der Waals surface area contributed by atoms with Gasteiger partial charge < -0.3 is 15.4 Å². The zero-order valence-electron chi connectivity index (χ0n) is 17.8. The van der Waals surface area contributed by atoms with Crippen molar-refractivity contribution in [2.75, 3.05) is 19.0 Å². The zero-order chi connectivity index (χ0) is 23.2. The molecule has 168 valence electrons. The number of halogens is 1. The molecule has 2 aromatic carbocycles. The van der Waals surface area contributed by atoms with Crippen LogP contribution in [0.1, 0.15) is 47.9 Å². The molecule has 31 heavy (non-hydrogen) atoms. The maximum absolute atomic E-state index is 12.9. The number of carbonyl (C=O) groups is 2. The molecule has 0 fully saturated rings. The van der Waals surface area contributed by atoms with Crippen LogP contribution in [0.15, 0.2) is 41.3 Å². The van der Waals surface area contributed by atoms with Crippen LogP contribution in [0.2, 0.25) is 5.02 Å². The van der Waals surface area contributed by atoms with Crippen molar-refractivity contribution in [1.29, 1.82) is 0 Å². The van der Waals surface area contributed by atoms with Crippen LogP contribution >= 0.6 is 11.6 Å². The van der Waals surface area contributed by atoms with E-state index in [2.05, 4.69) is 15.4 Å². The Bertz CT molecular complexity index is 1070. The standard InChI is InChI=1S/C21H26ClN3O5S/c1-5-10-23-21(27)16-8-7-15(22)12-17(16)24-20(26)14-6-9-18(30-4)19(11-14)31(28,29)25-13(2)3/h6-9,11-13,25H,5,10H2,1-4H3,(H,23,27)(H,24,26). The number of hydrogen-bond acceptors (Lipinski definition) is 5. The van der Waals surface area contributed by atoms with E-state index in [1.165, 1.54) is 37.4 Å². The first-order valence-electron chi connectivity index (χ1n) is 9.68. The lowest BCUT2D eigenvalue weighted by molar-refractivity contribution is 0.0954. The number of ether oxygens (including phenoxy) is 1. The maximum Gasteiger partial charge on any atom is 0.255 e. The molecule has 0 spiro atoms. The largest absolute Gasteiger partial charge is 0.495 e. The Kier molecular flexibility index (Phi) is 8.43. The first kappa shape index (κ1) is 24.6. The minimum atomic E-state index is -3.91. The molecular weight excluding hydrogens is 442 g/mol. The Balaban J connectivity index is 2.40. The van der Waals surface area contributed by atoms with Gasteiger partial charge in [0.1, 0.15) is 10.6 Å². The highest BCUT2D eigenvalue weighted by Crippen LogP contribution is 2.27. The molecule has 0 aliphatic heterocycles. The Morgan fingerprint density at radius 1 is 1.10 bits per heavy atom. The topological polar surface area (TPSA) is 114 Å². The van der Waals surface area contributed by atoms with Crippen LogP contribution in [0, 0.1) is 0 Å². The molecule has 2 amide bonds. The third-order valence-corrected chi connectivity index (χ3v) is 6.03. The van der Waals surface area contributed by atoms with E-state index in [0.717, 1.165) is 6.42 Å². The van der Waals surface area contributed by atoms with Crippen molar-refractivity contribution in [2.45, 2.75) is 38.1 Å². The molecule has 2 aromatic rings. The van der Waals surface area contributed by atoms with Crippen molar-refractivity contribution < 1.29 is 22.7 Å². The molecule has 2 rings (SSSR count). The van der Waals surface area contributed by atoms with Crippen LogP contribution in [0.4, 0.5) is 5.69 Å². The zero-order valence-corrected chi connectivity index (χ0v) is 19.4. The molecule has 0 atom stereocenters. The van der Waals surface area contributed by atoms with Gasteiger partial charge in [0, 0.05) is 23.2 Å². The summed E-state index contributed by atoms with van der Waals surface area (Å²) in [6.07, 6.45) is 0.758. The summed E-state index contributed by atoms with van der Waals surface area (Å²) in [5.74, 6) is -0.851. The van der Waals surface area contributed by atoms with Gasteiger partial charge >= 0.3 is 0 Å². The third kappa shape index (κ3) is 6.43. The highest BCUT2D eigenvalue weighted by atomic mass is 35.5. The van der Waals surface area contributed by atoms with Gasteiger partial charge in [-0.25, -0.2) is 13.1 Å². The quantitative estimate of drug-likeness (QED) is 0.522. The molecule has 0 aliphatic rings. The average Bonchev–Trinajstić information content (AvgIpc) is 2.70. The molecule has 0 unspecified atom stereocenters. The van der Waals surface area contributed by atoms with E-state index in [1.54, 1.807) is 19.9 Å². The van der Waals surface area contributed by atoms with Crippen molar-refractivity contribution in [3.63, 3.8) is 0 Å². The van der Waals surface area contributed by atoms with Gasteiger partial charge in [-0.05, 0) is 56.7 Å². The number of sulfonamides is 1. The summed E-state index contributed by atoms with van der Waals surface area (Å²) in [5.41, 5.74) is 0.533. The predicted octanol–water partition coefficient (Wildman–Crippen LogP) is 3.43. The summed E-state index contributed by atoms with van der Waals surface area (Å²) in [7, 11) is -2.57. The molecule has 8 nitrogen and oxygen atoms in total. The lowest BCUT2D eigenvalue weighted by atomic mass is 10.1. The molecule has 0 saturated carbocycles. The highest BCUT2D eigenvalue weighted by molar-refractivity contribution is 7.89. The van der Waals surface area contributed by atoms with E-state index in [1.807, 2.05) is 6.92 Å². The summed E-state index contributed by atoms with van der Waals surface area (Å²) in [4.78, 5) is 25.1. The number of hydrogen-bond donors (Lipinski definition) is 3. The molecule has 0 bridgehead atoms. The molecular formula is C21H26ClN3O5S. The molecule has 0 radical (unpaired) electrons. The van der Waals surface area contributed by atoms with E-state index in [-0.39, 0.29) is 39.4 Å². The second-order valence-electron chi connectivity index (χ2n) is 7.04. The van der Waals surface area contributed by atoms with Crippen molar-refractivity contribution in [3.05, 3.63) is 52.5 Å². The molecule has 3 N–H and O–H groups in total. The van der Waals surface area contributed by atoms with Gasteiger partial charge in [0.2, 0.25) is 10.0 Å². The van der Waals surface area contributed by atoms with Gasteiger partial charge in [0.15, 0.2) is 0 Å². The first-order chi connectivity index (χ1) is 14.6. The maximum atomic E-state index is 12.9. The van der Waals surface area contributed by atoms with E-state index < -0.39 is 15.9 Å². The molecule has 10 heteroatoms. The van der Waals surface area contributed by atoms with E-state index >= 15 is 0 Å². The molecule has 0 aromatic heterocycles. The summed E-state index contributed by atoms with van der Waals surface area (Å²) in [6.45, 7) is 5.78. The lowest BCUT2D eigenvalue weighted by Crippen LogP contribution is -2.30. The van der Waals surface area contributed by atoms with Crippen molar-refractivity contribution in [3.8, 4) is 5.75 Å². The fourth-order valence-corrected chi connectivity index (χ4v) is 4.37. The summed E-state index contributed by atoms with van der Waals surface area (Å²) in [6, 6.07) is 8.23. The Hall–Kier alpha value is -2.62. The van der Waals surface area contributed by atoms with Crippen LogP contribution in [0.5, 0.6) is 5.75 Å². The van der Waals surface area contributed by atoms with Crippen LogP contribution in [0.3, 0.4) is 0 Å². The Morgan fingerprint density at radius 3 is 2.42 bits per heavy atom. The van der Waals surface area contributed by atoms with Crippen LogP contribution in [-0.2, 0) is 10.0 Å². The van der Waals surface area contributed by atoms with Crippen LogP contribution in [-0.4, -0.2) is 39.9 Å². The van der Waals surface area contributed by atoms with Gasteiger partial charge in [0.05, 0.1) is 18.4 Å². The minimum absolute atomic E-state index is 0.0739. The third-order valence-electron chi connectivity index (χ3n) is 4.12. The number of anilines is 1. The lowest BCUT2D eigenvalue weighted by Gasteiger charge is -2.15. The smallest absolute Gasteiger partial charge is 0.255 e. The Morgan fingerprint density at radius 2 is 1.81 bits per heavy atom. The van der Waals surface area contributed by atoms with Crippen molar-refractivity contribution in [2.24, 2.45) is 0 Å². The normalized spacial score (nSPS) is 11.3. The first-order valence-corrected chi connectivity index (χ1v) is 11.5. The fourth-order valence-electron chi connectivity index (χ4n) is 2.75. The summed E-state index contributed by atoms with van der Waals surface area (Å²) in [5, 5.41) is 5.72. The van der Waals surface area contributed by atoms with Crippen molar-refractivity contribution in [1.82, 2.24) is 10.0 Å². The number of benzene rings is 2. The van der Waals surface area contributed by atoms with E-state index in [9.17, 15) is 18.0 Å². The SMILES string of the molecule is CCCNC(=O)c1ccc(Cl)cc1NC(=O)c1ccc(OC)c(S(=O)(=O)NC(C)C)c1. The number of nitrogens with one attached hydrogen (secondary N) is 3. The van der Waals surface area contributed by atoms with Crippen LogP contribution < -0.4 is 20.1 Å². The predicted molar refractivity (Wildman–Crippen MR) is 120 cm³/mol. The number of methoxy groups -OCH3 is 1. The van der Waals surface area contributed by atoms with Gasteiger partial charge in [-0.15, -0.1) is 0 Å². The van der Waals surface area contributed by atoms with Crippen molar-refractivity contribution >= 4 is 39.1 Å². The second-order valence-corrected chi connectivity index (χ2v) is 9.16. The molecule has 0 heterocycles. The highest BCUT2D eigenvalue weighted by Gasteiger charge is 2.23. The van der Waals surface area contributed by atoms with Gasteiger partial charge in [-0.3, -0.25) is 9.59 Å². The van der Waals surface area contributed by atoms with Crippen LogP contribution in [0.25, 0.3) is 0 Å². The van der Waals surface area contributed by atoms with E-state index in [4.69, 9.17) is 16.3 Å². The monoisotopic (exact) mass is 467 g/mol. The van der Waals surface area contributed by atoms with Gasteiger partial charge in [-0.2, -0.15) is 0 Å². The average molecular weight is 468 g/mol. The van der Waals surface area contributed by atoms with Gasteiger partial charge in [0.25, 0.3) is 11.8 Å². The molecule has 0 saturated heterocycles.